The minimum absolute atomic E-state index is 0.0681. The number of nitrogens with zero attached hydrogens (tertiary/aromatic N) is 4. The predicted molar refractivity (Wildman–Crippen MR) is 82.2 cm³/mol. The molecule has 0 aliphatic heterocycles. The van der Waals surface area contributed by atoms with Gasteiger partial charge in [0.1, 0.15) is 12.1 Å². The molecular formula is C16H16FN5O. The molecular weight excluding hydrogens is 297 g/mol. The Morgan fingerprint density at radius 3 is 2.83 bits per heavy atom. The van der Waals surface area contributed by atoms with Crippen molar-refractivity contribution in [1.29, 1.82) is 0 Å². The average molecular weight is 313 g/mol. The van der Waals surface area contributed by atoms with Crippen molar-refractivity contribution in [2.75, 3.05) is 6.54 Å². The lowest BCUT2D eigenvalue weighted by Crippen LogP contribution is -2.26. The second-order valence-electron chi connectivity index (χ2n) is 5.22. The van der Waals surface area contributed by atoms with Crippen LogP contribution in [-0.4, -0.2) is 32.0 Å². The molecule has 3 rings (SSSR count). The maximum atomic E-state index is 12.8. The molecule has 2 aromatic heterocycles. The molecule has 2 heterocycles. The number of halogens is 1. The van der Waals surface area contributed by atoms with Gasteiger partial charge < -0.3 is 5.32 Å². The summed E-state index contributed by atoms with van der Waals surface area (Å²) in [6, 6.07) is 5.95. The minimum atomic E-state index is -0.299. The zero-order valence-electron chi connectivity index (χ0n) is 12.4. The normalized spacial score (nSPS) is 10.8. The summed E-state index contributed by atoms with van der Waals surface area (Å²) in [7, 11) is 0. The number of carbonyl (C=O) groups excluding carboxylic acids is 1. The molecule has 0 aliphatic rings. The Balaban J connectivity index is 1.42. The number of amides is 1. The number of hydrogen-bond donors (Lipinski definition) is 1. The lowest BCUT2D eigenvalue weighted by atomic mass is 10.1. The van der Waals surface area contributed by atoms with Crippen molar-refractivity contribution in [1.82, 2.24) is 24.9 Å². The van der Waals surface area contributed by atoms with E-state index in [9.17, 15) is 9.18 Å². The third kappa shape index (κ3) is 4.09. The van der Waals surface area contributed by atoms with E-state index in [0.29, 0.717) is 12.3 Å². The van der Waals surface area contributed by atoms with Gasteiger partial charge in [0.2, 0.25) is 5.91 Å². The van der Waals surface area contributed by atoms with Crippen molar-refractivity contribution < 1.29 is 9.18 Å². The topological polar surface area (TPSA) is 72.2 Å². The monoisotopic (exact) mass is 313 g/mol. The van der Waals surface area contributed by atoms with Crippen LogP contribution in [0.25, 0.3) is 5.78 Å². The summed E-state index contributed by atoms with van der Waals surface area (Å²) in [5.74, 6) is 0.204. The third-order valence-electron chi connectivity index (χ3n) is 3.43. The quantitative estimate of drug-likeness (QED) is 0.701. The fourth-order valence-electron chi connectivity index (χ4n) is 2.26. The number of aryl methyl sites for hydroxylation is 1. The molecule has 0 atom stereocenters. The molecule has 0 unspecified atom stereocenters. The van der Waals surface area contributed by atoms with Gasteiger partial charge in [0, 0.05) is 18.9 Å². The summed E-state index contributed by atoms with van der Waals surface area (Å²) in [5, 5.41) is 6.90. The lowest BCUT2D eigenvalue weighted by Gasteiger charge is -2.05. The van der Waals surface area contributed by atoms with Gasteiger partial charge in [0.25, 0.3) is 5.78 Å². The SMILES string of the molecule is O=C(Cc1ccc(F)cc1)NCCCc1cnc2ncnn2c1. The first kappa shape index (κ1) is 15.1. The molecule has 118 valence electrons. The van der Waals surface area contributed by atoms with Crippen LogP contribution in [0, 0.1) is 5.82 Å². The summed E-state index contributed by atoms with van der Waals surface area (Å²) in [5.41, 5.74) is 1.83. The molecule has 0 spiro atoms. The Morgan fingerprint density at radius 1 is 1.17 bits per heavy atom. The number of fused-ring (bicyclic) bond motifs is 1. The van der Waals surface area contributed by atoms with E-state index < -0.39 is 0 Å². The zero-order valence-corrected chi connectivity index (χ0v) is 12.4. The fraction of sp³-hybridized carbons (Fsp3) is 0.250. The van der Waals surface area contributed by atoms with Crippen molar-refractivity contribution >= 4 is 11.7 Å². The van der Waals surface area contributed by atoms with Crippen LogP contribution in [0.1, 0.15) is 17.5 Å². The fourth-order valence-corrected chi connectivity index (χ4v) is 2.26. The van der Waals surface area contributed by atoms with Gasteiger partial charge >= 0.3 is 0 Å². The Labute approximate surface area is 132 Å². The van der Waals surface area contributed by atoms with Crippen molar-refractivity contribution in [2.24, 2.45) is 0 Å². The highest BCUT2D eigenvalue weighted by atomic mass is 19.1. The van der Waals surface area contributed by atoms with E-state index in [1.165, 1.54) is 18.5 Å². The van der Waals surface area contributed by atoms with E-state index in [1.54, 1.807) is 22.8 Å². The molecule has 6 nitrogen and oxygen atoms in total. The number of nitrogens with one attached hydrogen (secondary N) is 1. The Hall–Kier alpha value is -2.83. The Morgan fingerprint density at radius 2 is 2.00 bits per heavy atom. The summed E-state index contributed by atoms with van der Waals surface area (Å²) in [4.78, 5) is 20.0. The van der Waals surface area contributed by atoms with E-state index in [0.717, 1.165) is 24.0 Å². The van der Waals surface area contributed by atoms with E-state index in [2.05, 4.69) is 20.4 Å². The zero-order chi connectivity index (χ0) is 16.1. The van der Waals surface area contributed by atoms with Gasteiger partial charge in [-0.2, -0.15) is 10.1 Å². The van der Waals surface area contributed by atoms with E-state index >= 15 is 0 Å². The minimum Gasteiger partial charge on any atom is -0.356 e. The van der Waals surface area contributed by atoms with E-state index in [-0.39, 0.29) is 18.1 Å². The number of carbonyl (C=O) groups is 1. The number of benzene rings is 1. The van der Waals surface area contributed by atoms with Crippen LogP contribution in [0.3, 0.4) is 0 Å². The predicted octanol–water partition coefficient (Wildman–Crippen LogP) is 1.55. The standard InChI is InChI=1S/C16H16FN5O/c17-14-5-3-12(4-6-14)8-15(23)18-7-1-2-13-9-19-16-20-11-21-22(16)10-13/h3-6,9-11H,1-2,7-8H2,(H,18,23). The number of aromatic nitrogens is 4. The van der Waals surface area contributed by atoms with Crippen molar-refractivity contribution in [3.8, 4) is 0 Å². The molecule has 0 radical (unpaired) electrons. The van der Waals surface area contributed by atoms with Gasteiger partial charge in [-0.1, -0.05) is 12.1 Å². The van der Waals surface area contributed by atoms with E-state index in [4.69, 9.17) is 0 Å². The van der Waals surface area contributed by atoms with Gasteiger partial charge in [-0.25, -0.2) is 13.9 Å². The second kappa shape index (κ2) is 6.95. The first-order valence-corrected chi connectivity index (χ1v) is 7.36. The number of rotatable bonds is 6. The summed E-state index contributed by atoms with van der Waals surface area (Å²) >= 11 is 0. The van der Waals surface area contributed by atoms with Gasteiger partial charge in [0.15, 0.2) is 0 Å². The highest BCUT2D eigenvalue weighted by Crippen LogP contribution is 2.04. The molecule has 0 bridgehead atoms. The molecule has 0 saturated carbocycles. The molecule has 0 saturated heterocycles. The molecule has 1 N–H and O–H groups in total. The smallest absolute Gasteiger partial charge is 0.252 e. The Kier molecular flexibility index (Phi) is 4.56. The van der Waals surface area contributed by atoms with Crippen LogP contribution in [-0.2, 0) is 17.6 Å². The van der Waals surface area contributed by atoms with Crippen molar-refractivity contribution in [3.63, 3.8) is 0 Å². The summed E-state index contributed by atoms with van der Waals surface area (Å²) in [6.07, 6.45) is 6.96. The second-order valence-corrected chi connectivity index (χ2v) is 5.22. The van der Waals surface area contributed by atoms with Crippen LogP contribution in [0.5, 0.6) is 0 Å². The van der Waals surface area contributed by atoms with Crippen LogP contribution < -0.4 is 5.32 Å². The van der Waals surface area contributed by atoms with Gasteiger partial charge in [0.05, 0.1) is 6.42 Å². The van der Waals surface area contributed by atoms with Crippen LogP contribution in [0.15, 0.2) is 43.0 Å². The van der Waals surface area contributed by atoms with Gasteiger partial charge in [-0.05, 0) is 36.1 Å². The summed E-state index contributed by atoms with van der Waals surface area (Å²) < 4.78 is 14.4. The molecule has 1 amide bonds. The average Bonchev–Trinajstić information content (AvgIpc) is 3.01. The van der Waals surface area contributed by atoms with Crippen molar-refractivity contribution in [3.05, 3.63) is 59.9 Å². The Bertz CT molecular complexity index is 800. The van der Waals surface area contributed by atoms with Crippen molar-refractivity contribution in [2.45, 2.75) is 19.3 Å². The highest BCUT2D eigenvalue weighted by Gasteiger charge is 2.04. The largest absolute Gasteiger partial charge is 0.356 e. The van der Waals surface area contributed by atoms with Gasteiger partial charge in [-0.15, -0.1) is 0 Å². The molecule has 23 heavy (non-hydrogen) atoms. The maximum absolute atomic E-state index is 12.8. The molecule has 7 heteroatoms. The summed E-state index contributed by atoms with van der Waals surface area (Å²) in [6.45, 7) is 0.579. The lowest BCUT2D eigenvalue weighted by molar-refractivity contribution is -0.120. The molecule has 0 fully saturated rings. The van der Waals surface area contributed by atoms with Crippen LogP contribution in [0.2, 0.25) is 0 Å². The molecule has 1 aromatic carbocycles. The highest BCUT2D eigenvalue weighted by molar-refractivity contribution is 5.78. The first-order chi connectivity index (χ1) is 11.2. The molecule has 3 aromatic rings. The van der Waals surface area contributed by atoms with Crippen LogP contribution >= 0.6 is 0 Å². The third-order valence-corrected chi connectivity index (χ3v) is 3.43. The maximum Gasteiger partial charge on any atom is 0.252 e. The van der Waals surface area contributed by atoms with Crippen LogP contribution in [0.4, 0.5) is 4.39 Å². The van der Waals surface area contributed by atoms with Gasteiger partial charge in [-0.3, -0.25) is 4.79 Å². The van der Waals surface area contributed by atoms with E-state index in [1.807, 2.05) is 6.20 Å². The molecule has 0 aliphatic carbocycles. The first-order valence-electron chi connectivity index (χ1n) is 7.36. The number of hydrogen-bond acceptors (Lipinski definition) is 4.